The first-order chi connectivity index (χ1) is 12.7. The lowest BCUT2D eigenvalue weighted by molar-refractivity contribution is 0.344. The Balaban J connectivity index is 1.68. The summed E-state index contributed by atoms with van der Waals surface area (Å²) < 4.78 is 18.4. The molecule has 0 aliphatic rings. The van der Waals surface area contributed by atoms with E-state index in [4.69, 9.17) is 14.2 Å². The maximum absolute atomic E-state index is 5.66. The molecule has 134 valence electrons. The summed E-state index contributed by atoms with van der Waals surface area (Å²) in [6.07, 6.45) is 0. The van der Waals surface area contributed by atoms with Crippen LogP contribution >= 0.6 is 22.7 Å². The van der Waals surface area contributed by atoms with Crippen LogP contribution in [0.25, 0.3) is 20.4 Å². The summed E-state index contributed by atoms with van der Waals surface area (Å²) in [5, 5.41) is 4.86. The van der Waals surface area contributed by atoms with Crippen molar-refractivity contribution < 1.29 is 14.2 Å². The molecular weight excluding hydrogens is 370 g/mol. The molecule has 0 radical (unpaired) electrons. The van der Waals surface area contributed by atoms with Gasteiger partial charge in [-0.25, -0.2) is 9.97 Å². The van der Waals surface area contributed by atoms with E-state index in [-0.39, 0.29) is 0 Å². The molecule has 4 rings (SSSR count). The Bertz CT molecular complexity index is 1030. The van der Waals surface area contributed by atoms with Gasteiger partial charge in [-0.05, 0) is 19.1 Å². The summed E-state index contributed by atoms with van der Waals surface area (Å²) in [6.45, 7) is 2.58. The van der Waals surface area contributed by atoms with Crippen LogP contribution in [-0.4, -0.2) is 30.8 Å². The van der Waals surface area contributed by atoms with Crippen molar-refractivity contribution in [1.29, 1.82) is 0 Å². The molecule has 6 nitrogen and oxygen atoms in total. The Morgan fingerprint density at radius 3 is 2.42 bits per heavy atom. The van der Waals surface area contributed by atoms with Gasteiger partial charge in [0.1, 0.15) is 11.3 Å². The molecule has 0 fully saturated rings. The normalized spacial score (nSPS) is 11.0. The number of rotatable bonds is 6. The van der Waals surface area contributed by atoms with Crippen molar-refractivity contribution in [2.45, 2.75) is 6.92 Å². The molecule has 4 aromatic rings. The van der Waals surface area contributed by atoms with Gasteiger partial charge in [-0.3, -0.25) is 0 Å². The van der Waals surface area contributed by atoms with E-state index in [9.17, 15) is 0 Å². The molecule has 0 saturated carbocycles. The number of benzene rings is 2. The number of ether oxygens (including phenoxy) is 3. The van der Waals surface area contributed by atoms with E-state index in [0.717, 1.165) is 36.4 Å². The molecule has 2 aromatic heterocycles. The minimum atomic E-state index is 0.612. The zero-order valence-electron chi connectivity index (χ0n) is 14.5. The summed E-state index contributed by atoms with van der Waals surface area (Å²) in [4.78, 5) is 9.29. The second kappa shape index (κ2) is 6.97. The van der Waals surface area contributed by atoms with E-state index in [1.165, 1.54) is 0 Å². The highest BCUT2D eigenvalue weighted by Gasteiger charge is 2.13. The molecule has 2 heterocycles. The minimum Gasteiger partial charge on any atom is -0.493 e. The first-order valence-electron chi connectivity index (χ1n) is 8.03. The van der Waals surface area contributed by atoms with Crippen molar-refractivity contribution >= 4 is 53.4 Å². The zero-order chi connectivity index (χ0) is 18.1. The molecule has 0 saturated heterocycles. The number of hydrogen-bond donors (Lipinski definition) is 1. The number of nitrogens with one attached hydrogen (secondary N) is 1. The van der Waals surface area contributed by atoms with Crippen molar-refractivity contribution in [2.24, 2.45) is 0 Å². The van der Waals surface area contributed by atoms with E-state index in [0.29, 0.717) is 18.1 Å². The van der Waals surface area contributed by atoms with Crippen LogP contribution < -0.4 is 19.5 Å². The van der Waals surface area contributed by atoms with Gasteiger partial charge in [-0.2, -0.15) is 0 Å². The fourth-order valence-corrected chi connectivity index (χ4v) is 4.47. The highest BCUT2D eigenvalue weighted by molar-refractivity contribution is 7.24. The lowest BCUT2D eigenvalue weighted by Crippen LogP contribution is -1.92. The standard InChI is InChI=1S/C18H17N3O3S2/c1-4-24-11-6-5-7-14-16(11)20-18(25-14)21-17-19-10-8-12(22-2)13(23-3)9-15(10)26-17/h5-9H,4H2,1-3H3,(H,19,20,21). The van der Waals surface area contributed by atoms with Gasteiger partial charge in [0.05, 0.1) is 35.7 Å². The van der Waals surface area contributed by atoms with Crippen LogP contribution in [0.15, 0.2) is 30.3 Å². The van der Waals surface area contributed by atoms with Gasteiger partial charge >= 0.3 is 0 Å². The van der Waals surface area contributed by atoms with Crippen LogP contribution in [0.3, 0.4) is 0 Å². The fraction of sp³-hybridized carbons (Fsp3) is 0.222. The Kier molecular flexibility index (Phi) is 4.52. The number of para-hydroxylation sites is 1. The van der Waals surface area contributed by atoms with Crippen LogP contribution in [0, 0.1) is 0 Å². The highest BCUT2D eigenvalue weighted by Crippen LogP contribution is 2.38. The van der Waals surface area contributed by atoms with Crippen molar-refractivity contribution in [1.82, 2.24) is 9.97 Å². The van der Waals surface area contributed by atoms with E-state index in [1.54, 1.807) is 36.9 Å². The van der Waals surface area contributed by atoms with Crippen LogP contribution in [-0.2, 0) is 0 Å². The number of methoxy groups -OCH3 is 2. The van der Waals surface area contributed by atoms with Crippen LogP contribution in [0.2, 0.25) is 0 Å². The summed E-state index contributed by atoms with van der Waals surface area (Å²) in [7, 11) is 3.24. The van der Waals surface area contributed by atoms with Gasteiger partial charge in [0, 0.05) is 12.1 Å². The van der Waals surface area contributed by atoms with Gasteiger partial charge in [-0.1, -0.05) is 28.7 Å². The Hall–Kier alpha value is -2.58. The Morgan fingerprint density at radius 1 is 0.923 bits per heavy atom. The average Bonchev–Trinajstić information content (AvgIpc) is 3.23. The minimum absolute atomic E-state index is 0.612. The number of aromatic nitrogens is 2. The van der Waals surface area contributed by atoms with Crippen molar-refractivity contribution in [3.8, 4) is 17.2 Å². The van der Waals surface area contributed by atoms with Gasteiger partial charge in [0.15, 0.2) is 21.8 Å². The summed E-state index contributed by atoms with van der Waals surface area (Å²) in [5.74, 6) is 2.16. The maximum atomic E-state index is 5.66. The lowest BCUT2D eigenvalue weighted by Gasteiger charge is -2.05. The van der Waals surface area contributed by atoms with E-state index >= 15 is 0 Å². The maximum Gasteiger partial charge on any atom is 0.190 e. The van der Waals surface area contributed by atoms with Gasteiger partial charge < -0.3 is 19.5 Å². The van der Waals surface area contributed by atoms with E-state index in [1.807, 2.05) is 37.3 Å². The summed E-state index contributed by atoms with van der Waals surface area (Å²) in [6, 6.07) is 9.76. The average molecular weight is 387 g/mol. The molecule has 0 aliphatic heterocycles. The predicted molar refractivity (Wildman–Crippen MR) is 107 cm³/mol. The first kappa shape index (κ1) is 16.9. The molecular formula is C18H17N3O3S2. The molecule has 0 atom stereocenters. The van der Waals surface area contributed by atoms with Gasteiger partial charge in [-0.15, -0.1) is 0 Å². The number of nitrogens with zero attached hydrogens (tertiary/aromatic N) is 2. The molecule has 0 amide bonds. The number of anilines is 2. The second-order valence-electron chi connectivity index (χ2n) is 5.37. The molecule has 0 bridgehead atoms. The lowest BCUT2D eigenvalue weighted by atomic mass is 10.3. The summed E-state index contributed by atoms with van der Waals surface area (Å²) >= 11 is 3.12. The third-order valence-corrected chi connectivity index (χ3v) is 5.66. The third kappa shape index (κ3) is 3.02. The van der Waals surface area contributed by atoms with Crippen LogP contribution in [0.1, 0.15) is 6.92 Å². The summed E-state index contributed by atoms with van der Waals surface area (Å²) in [5.41, 5.74) is 1.72. The molecule has 2 aromatic carbocycles. The number of thiazole rings is 2. The molecule has 1 N–H and O–H groups in total. The van der Waals surface area contributed by atoms with E-state index < -0.39 is 0 Å². The molecule has 0 aliphatic carbocycles. The topological polar surface area (TPSA) is 65.5 Å². The zero-order valence-corrected chi connectivity index (χ0v) is 16.2. The number of hydrogen-bond acceptors (Lipinski definition) is 8. The number of fused-ring (bicyclic) bond motifs is 2. The van der Waals surface area contributed by atoms with Gasteiger partial charge in [0.25, 0.3) is 0 Å². The molecule has 26 heavy (non-hydrogen) atoms. The smallest absolute Gasteiger partial charge is 0.190 e. The SMILES string of the molecule is CCOc1cccc2sc(Nc3nc4cc(OC)c(OC)cc4s3)nc12. The Morgan fingerprint density at radius 2 is 1.65 bits per heavy atom. The quantitative estimate of drug-likeness (QED) is 0.498. The van der Waals surface area contributed by atoms with E-state index in [2.05, 4.69) is 15.3 Å². The second-order valence-corrected chi connectivity index (χ2v) is 7.44. The monoisotopic (exact) mass is 387 g/mol. The fourth-order valence-electron chi connectivity index (χ4n) is 2.65. The largest absolute Gasteiger partial charge is 0.493 e. The van der Waals surface area contributed by atoms with Crippen LogP contribution in [0.5, 0.6) is 17.2 Å². The molecule has 0 unspecified atom stereocenters. The van der Waals surface area contributed by atoms with Crippen molar-refractivity contribution in [2.75, 3.05) is 26.1 Å². The Labute approximate surface area is 158 Å². The van der Waals surface area contributed by atoms with Gasteiger partial charge in [0.2, 0.25) is 0 Å². The predicted octanol–water partition coefficient (Wildman–Crippen LogP) is 5.07. The first-order valence-corrected chi connectivity index (χ1v) is 9.67. The van der Waals surface area contributed by atoms with Crippen molar-refractivity contribution in [3.63, 3.8) is 0 Å². The highest BCUT2D eigenvalue weighted by atomic mass is 32.1. The molecule has 0 spiro atoms. The van der Waals surface area contributed by atoms with Crippen LogP contribution in [0.4, 0.5) is 10.3 Å². The molecule has 8 heteroatoms. The third-order valence-electron chi connectivity index (χ3n) is 3.79. The van der Waals surface area contributed by atoms with Crippen molar-refractivity contribution in [3.05, 3.63) is 30.3 Å².